The summed E-state index contributed by atoms with van der Waals surface area (Å²) in [6, 6.07) is 25.5. The summed E-state index contributed by atoms with van der Waals surface area (Å²) in [6.45, 7) is 3.78. The number of benzene rings is 3. The average molecular weight is 300 g/mol. The van der Waals surface area contributed by atoms with Crippen molar-refractivity contribution in [3.05, 3.63) is 91.0 Å². The van der Waals surface area contributed by atoms with Crippen molar-refractivity contribution >= 4 is 0 Å². The lowest BCUT2D eigenvalue weighted by Gasteiger charge is -2.07. The lowest BCUT2D eigenvalue weighted by Crippen LogP contribution is -1.84. The first-order chi connectivity index (χ1) is 11.3. The van der Waals surface area contributed by atoms with E-state index in [1.807, 2.05) is 18.2 Å². The first-order valence-corrected chi connectivity index (χ1v) is 7.75. The van der Waals surface area contributed by atoms with Gasteiger partial charge in [0.1, 0.15) is 5.75 Å². The Balaban J connectivity index is 1.81. The SMILES string of the molecule is C=CCc1ccc(-c2ccc(-c3ccc(OC)cc3)cc2)cc1. The summed E-state index contributed by atoms with van der Waals surface area (Å²) in [5, 5.41) is 0. The molecule has 0 fully saturated rings. The Kier molecular flexibility index (Phi) is 4.58. The Bertz CT molecular complexity index is 766. The third-order valence-electron chi connectivity index (χ3n) is 3.98. The highest BCUT2D eigenvalue weighted by Crippen LogP contribution is 2.26. The summed E-state index contributed by atoms with van der Waals surface area (Å²) in [7, 11) is 1.68. The quantitative estimate of drug-likeness (QED) is 0.544. The van der Waals surface area contributed by atoms with Gasteiger partial charge in [0.15, 0.2) is 0 Å². The van der Waals surface area contributed by atoms with E-state index in [1.165, 1.54) is 27.8 Å². The normalized spacial score (nSPS) is 10.3. The zero-order chi connectivity index (χ0) is 16.1. The highest BCUT2D eigenvalue weighted by molar-refractivity contribution is 5.70. The molecule has 0 radical (unpaired) electrons. The minimum Gasteiger partial charge on any atom is -0.497 e. The minimum atomic E-state index is 0.880. The zero-order valence-electron chi connectivity index (χ0n) is 13.3. The molecule has 1 nitrogen and oxygen atoms in total. The first kappa shape index (κ1) is 15.1. The van der Waals surface area contributed by atoms with E-state index in [0.29, 0.717) is 0 Å². The molecule has 0 saturated carbocycles. The molecule has 0 bridgehead atoms. The van der Waals surface area contributed by atoms with Gasteiger partial charge in [0.25, 0.3) is 0 Å². The molecule has 0 aromatic heterocycles. The molecule has 0 spiro atoms. The second kappa shape index (κ2) is 6.97. The molecule has 23 heavy (non-hydrogen) atoms. The lowest BCUT2D eigenvalue weighted by molar-refractivity contribution is 0.415. The molecule has 3 aromatic carbocycles. The summed E-state index contributed by atoms with van der Waals surface area (Å²) in [6.07, 6.45) is 2.84. The van der Waals surface area contributed by atoms with Crippen molar-refractivity contribution in [2.45, 2.75) is 6.42 Å². The second-order valence-corrected chi connectivity index (χ2v) is 5.50. The smallest absolute Gasteiger partial charge is 0.118 e. The van der Waals surface area contributed by atoms with Crippen LogP contribution in [0.15, 0.2) is 85.5 Å². The highest BCUT2D eigenvalue weighted by Gasteiger charge is 2.01. The van der Waals surface area contributed by atoms with Crippen LogP contribution < -0.4 is 4.74 Å². The number of ether oxygens (including phenoxy) is 1. The molecule has 0 aliphatic heterocycles. The number of methoxy groups -OCH3 is 1. The fourth-order valence-electron chi connectivity index (χ4n) is 2.64. The van der Waals surface area contributed by atoms with E-state index in [4.69, 9.17) is 4.74 Å². The molecular formula is C22H20O. The molecule has 0 atom stereocenters. The molecule has 0 aliphatic rings. The standard InChI is InChI=1S/C22H20O/c1-3-4-17-5-7-18(8-6-17)19-9-11-20(12-10-19)21-13-15-22(23-2)16-14-21/h3,5-16H,1,4H2,2H3. The van der Waals surface area contributed by atoms with Gasteiger partial charge in [0, 0.05) is 0 Å². The maximum absolute atomic E-state index is 5.20. The van der Waals surface area contributed by atoms with Crippen molar-refractivity contribution in [2.24, 2.45) is 0 Å². The lowest BCUT2D eigenvalue weighted by atomic mass is 9.99. The average Bonchev–Trinajstić information content (AvgIpc) is 2.63. The van der Waals surface area contributed by atoms with E-state index in [9.17, 15) is 0 Å². The van der Waals surface area contributed by atoms with Gasteiger partial charge in [-0.25, -0.2) is 0 Å². The van der Waals surface area contributed by atoms with Gasteiger partial charge in [0.2, 0.25) is 0 Å². The molecule has 114 valence electrons. The van der Waals surface area contributed by atoms with E-state index >= 15 is 0 Å². The van der Waals surface area contributed by atoms with Crippen LogP contribution in [0.4, 0.5) is 0 Å². The molecule has 1 heteroatoms. The fraction of sp³-hybridized carbons (Fsp3) is 0.0909. The van der Waals surface area contributed by atoms with Crippen LogP contribution in [0.3, 0.4) is 0 Å². The van der Waals surface area contributed by atoms with Gasteiger partial charge in [-0.1, -0.05) is 66.7 Å². The van der Waals surface area contributed by atoms with Crippen molar-refractivity contribution in [3.8, 4) is 28.0 Å². The fourth-order valence-corrected chi connectivity index (χ4v) is 2.64. The third-order valence-corrected chi connectivity index (χ3v) is 3.98. The van der Waals surface area contributed by atoms with Gasteiger partial charge < -0.3 is 4.74 Å². The molecule has 0 saturated heterocycles. The minimum absolute atomic E-state index is 0.880. The Hall–Kier alpha value is -2.80. The summed E-state index contributed by atoms with van der Waals surface area (Å²) in [5.41, 5.74) is 6.16. The second-order valence-electron chi connectivity index (χ2n) is 5.50. The Labute approximate surface area is 137 Å². The summed E-state index contributed by atoms with van der Waals surface area (Å²) in [4.78, 5) is 0. The Morgan fingerprint density at radius 3 is 1.48 bits per heavy atom. The van der Waals surface area contributed by atoms with Gasteiger partial charge >= 0.3 is 0 Å². The molecule has 0 amide bonds. The molecule has 3 rings (SSSR count). The molecule has 0 heterocycles. The van der Waals surface area contributed by atoms with E-state index in [1.54, 1.807) is 7.11 Å². The maximum atomic E-state index is 5.20. The predicted molar refractivity (Wildman–Crippen MR) is 97.8 cm³/mol. The van der Waals surface area contributed by atoms with Crippen molar-refractivity contribution in [2.75, 3.05) is 7.11 Å². The van der Waals surface area contributed by atoms with Gasteiger partial charge in [-0.3, -0.25) is 0 Å². The predicted octanol–water partition coefficient (Wildman–Crippen LogP) is 5.76. The first-order valence-electron chi connectivity index (χ1n) is 7.75. The van der Waals surface area contributed by atoms with E-state index < -0.39 is 0 Å². The van der Waals surface area contributed by atoms with Crippen molar-refractivity contribution < 1.29 is 4.74 Å². The van der Waals surface area contributed by atoms with E-state index in [-0.39, 0.29) is 0 Å². The Morgan fingerprint density at radius 1 is 0.696 bits per heavy atom. The van der Waals surface area contributed by atoms with Crippen molar-refractivity contribution in [1.29, 1.82) is 0 Å². The van der Waals surface area contributed by atoms with Crippen LogP contribution in [-0.4, -0.2) is 7.11 Å². The van der Waals surface area contributed by atoms with Crippen LogP contribution in [0, 0.1) is 0 Å². The van der Waals surface area contributed by atoms with E-state index in [2.05, 4.69) is 67.2 Å². The largest absolute Gasteiger partial charge is 0.497 e. The highest BCUT2D eigenvalue weighted by atomic mass is 16.5. The van der Waals surface area contributed by atoms with Crippen LogP contribution in [-0.2, 0) is 6.42 Å². The summed E-state index contributed by atoms with van der Waals surface area (Å²) >= 11 is 0. The van der Waals surface area contributed by atoms with Crippen LogP contribution in [0.1, 0.15) is 5.56 Å². The number of hydrogen-bond acceptors (Lipinski definition) is 1. The third kappa shape index (κ3) is 3.51. The van der Waals surface area contributed by atoms with Crippen LogP contribution in [0.25, 0.3) is 22.3 Å². The molecule has 0 aliphatic carbocycles. The van der Waals surface area contributed by atoms with Gasteiger partial charge in [-0.2, -0.15) is 0 Å². The van der Waals surface area contributed by atoms with Crippen LogP contribution >= 0.6 is 0 Å². The summed E-state index contributed by atoms with van der Waals surface area (Å²) in [5.74, 6) is 0.880. The van der Waals surface area contributed by atoms with Crippen molar-refractivity contribution in [3.63, 3.8) is 0 Å². The van der Waals surface area contributed by atoms with Gasteiger partial charge in [-0.05, 0) is 46.4 Å². The van der Waals surface area contributed by atoms with Gasteiger partial charge in [-0.15, -0.1) is 6.58 Å². The number of rotatable bonds is 5. The number of hydrogen-bond donors (Lipinski definition) is 0. The molecule has 0 unspecified atom stereocenters. The molecule has 0 N–H and O–H groups in total. The molecular weight excluding hydrogens is 280 g/mol. The maximum Gasteiger partial charge on any atom is 0.118 e. The van der Waals surface area contributed by atoms with Crippen LogP contribution in [0.5, 0.6) is 5.75 Å². The number of allylic oxidation sites excluding steroid dienone is 1. The van der Waals surface area contributed by atoms with Crippen LogP contribution in [0.2, 0.25) is 0 Å². The van der Waals surface area contributed by atoms with E-state index in [0.717, 1.165) is 12.2 Å². The topological polar surface area (TPSA) is 9.23 Å². The Morgan fingerprint density at radius 2 is 1.09 bits per heavy atom. The van der Waals surface area contributed by atoms with Crippen molar-refractivity contribution in [1.82, 2.24) is 0 Å². The zero-order valence-corrected chi connectivity index (χ0v) is 13.3. The van der Waals surface area contributed by atoms with Gasteiger partial charge in [0.05, 0.1) is 7.11 Å². The molecule has 3 aromatic rings. The monoisotopic (exact) mass is 300 g/mol. The summed E-state index contributed by atoms with van der Waals surface area (Å²) < 4.78 is 5.20.